The summed E-state index contributed by atoms with van der Waals surface area (Å²) >= 11 is 4.86. The molecule has 0 aromatic carbocycles. The Balaban J connectivity index is 0.000000810. The summed E-state index contributed by atoms with van der Waals surface area (Å²) in [6.45, 7) is 0. The van der Waals surface area contributed by atoms with Gasteiger partial charge in [0.15, 0.2) is 0 Å². The Morgan fingerprint density at radius 3 is 2.60 bits per heavy atom. The zero-order valence-corrected chi connectivity index (χ0v) is 6.01. The van der Waals surface area contributed by atoms with Crippen molar-refractivity contribution in [3.05, 3.63) is 24.3 Å². The van der Waals surface area contributed by atoms with Gasteiger partial charge in [-0.15, -0.1) is 0 Å². The van der Waals surface area contributed by atoms with Gasteiger partial charge in [-0.05, 0) is 6.08 Å². The quantitative estimate of drug-likeness (QED) is 0.424. The minimum Gasteiger partial charge on any atom is -0.302 e. The maximum absolute atomic E-state index is 10.2. The van der Waals surface area contributed by atoms with Crippen molar-refractivity contribution in [1.82, 2.24) is 0 Å². The number of aldehydes is 1. The Labute approximate surface area is 63.8 Å². The van der Waals surface area contributed by atoms with Crippen LogP contribution in [0.15, 0.2) is 24.3 Å². The minimum atomic E-state index is -0.162. The summed E-state index contributed by atoms with van der Waals surface area (Å²) in [6.07, 6.45) is 8.07. The van der Waals surface area contributed by atoms with Crippen LogP contribution in [0.1, 0.15) is 0 Å². The van der Waals surface area contributed by atoms with Crippen molar-refractivity contribution in [2.75, 3.05) is 0 Å². The summed E-state index contributed by atoms with van der Waals surface area (Å²) in [5.41, 5.74) is 0. The summed E-state index contributed by atoms with van der Waals surface area (Å²) in [6, 6.07) is 0. The van der Waals surface area contributed by atoms with Gasteiger partial charge in [-0.3, -0.25) is 4.70 Å². The van der Waals surface area contributed by atoms with E-state index in [0.717, 1.165) is 6.29 Å². The molecule has 0 radical (unpaired) electrons. The van der Waals surface area contributed by atoms with Gasteiger partial charge in [-0.2, -0.15) is 0 Å². The van der Waals surface area contributed by atoms with Crippen LogP contribution in [0.3, 0.4) is 0 Å². The summed E-state index contributed by atoms with van der Waals surface area (Å²) in [7, 11) is 0. The van der Waals surface area contributed by atoms with Crippen LogP contribution in [0.4, 0.5) is 4.70 Å². The van der Waals surface area contributed by atoms with Crippen LogP contribution < -0.4 is 0 Å². The molecule has 0 aliphatic heterocycles. The molecular weight excluding hydrogens is 151 g/mol. The van der Waals surface area contributed by atoms with E-state index in [9.17, 15) is 4.79 Å². The van der Waals surface area contributed by atoms with Gasteiger partial charge in [-0.1, -0.05) is 30.4 Å². The fraction of sp³-hybridized carbons (Fsp3) is 0.143. The zero-order chi connectivity index (χ0) is 6.69. The number of halogens is 1. The molecule has 0 N–H and O–H groups in total. The molecule has 0 amide bonds. The number of hydrogen-bond acceptors (Lipinski definition) is 2. The lowest BCUT2D eigenvalue weighted by atomic mass is 10.0. The van der Waals surface area contributed by atoms with Crippen LogP contribution in [-0.4, -0.2) is 11.2 Å². The van der Waals surface area contributed by atoms with E-state index in [1.54, 1.807) is 12.2 Å². The van der Waals surface area contributed by atoms with Crippen molar-refractivity contribution < 1.29 is 9.50 Å². The first kappa shape index (κ1) is 9.17. The summed E-state index contributed by atoms with van der Waals surface area (Å²) in [4.78, 5) is 10.9. The predicted octanol–water partition coefficient (Wildman–Crippen LogP) is 1.45. The van der Waals surface area contributed by atoms with E-state index in [1.807, 2.05) is 12.2 Å². The number of carbonyl (C=O) groups excluding carboxylic acids is 1. The standard InChI is InChI=1S/C7H6OS.FH/c8-5-6-3-1-2-4-7(6)9;/h1-6H;1H. The highest BCUT2D eigenvalue weighted by molar-refractivity contribution is 7.80. The number of carbonyl (C=O) groups is 1. The number of rotatable bonds is 1. The molecule has 10 heavy (non-hydrogen) atoms. The SMILES string of the molecule is F.O=CC1C=CC=CC1=S. The molecule has 1 atom stereocenters. The predicted molar refractivity (Wildman–Crippen MR) is 42.9 cm³/mol. The van der Waals surface area contributed by atoms with Crippen molar-refractivity contribution >= 4 is 23.4 Å². The van der Waals surface area contributed by atoms with Crippen LogP contribution in [0, 0.1) is 5.92 Å². The average Bonchev–Trinajstić information content (AvgIpc) is 1.89. The van der Waals surface area contributed by atoms with E-state index < -0.39 is 0 Å². The third-order valence-electron chi connectivity index (χ3n) is 1.17. The van der Waals surface area contributed by atoms with Gasteiger partial charge < -0.3 is 4.79 Å². The molecule has 1 aliphatic carbocycles. The Kier molecular flexibility index (Phi) is 3.72. The van der Waals surface area contributed by atoms with Crippen molar-refractivity contribution in [3.8, 4) is 0 Å². The van der Waals surface area contributed by atoms with Gasteiger partial charge in [-0.25, -0.2) is 0 Å². The summed E-state index contributed by atoms with van der Waals surface area (Å²) in [5.74, 6) is -0.162. The van der Waals surface area contributed by atoms with Gasteiger partial charge in [0.1, 0.15) is 6.29 Å². The zero-order valence-electron chi connectivity index (χ0n) is 5.19. The third kappa shape index (κ3) is 1.84. The summed E-state index contributed by atoms with van der Waals surface area (Å²) in [5, 5.41) is 0. The summed E-state index contributed by atoms with van der Waals surface area (Å²) < 4.78 is 0. The maximum atomic E-state index is 10.2. The maximum Gasteiger partial charge on any atom is 0.132 e. The largest absolute Gasteiger partial charge is 0.302 e. The van der Waals surface area contributed by atoms with Crippen molar-refractivity contribution in [1.29, 1.82) is 0 Å². The third-order valence-corrected chi connectivity index (χ3v) is 1.57. The highest BCUT2D eigenvalue weighted by atomic mass is 32.1. The first-order valence-electron chi connectivity index (χ1n) is 2.68. The normalized spacial score (nSPS) is 22.0. The smallest absolute Gasteiger partial charge is 0.132 e. The van der Waals surface area contributed by atoms with Crippen molar-refractivity contribution in [2.24, 2.45) is 5.92 Å². The topological polar surface area (TPSA) is 17.1 Å². The average molecular weight is 158 g/mol. The van der Waals surface area contributed by atoms with Gasteiger partial charge in [0.25, 0.3) is 0 Å². The monoisotopic (exact) mass is 158 g/mol. The molecule has 0 aromatic heterocycles. The Morgan fingerprint density at radius 2 is 2.20 bits per heavy atom. The van der Waals surface area contributed by atoms with Gasteiger partial charge in [0, 0.05) is 4.86 Å². The lowest BCUT2D eigenvalue weighted by Crippen LogP contribution is -2.09. The molecule has 0 aromatic rings. The van der Waals surface area contributed by atoms with Crippen LogP contribution in [0.5, 0.6) is 0 Å². The Bertz CT molecular complexity index is 196. The second-order valence-electron chi connectivity index (χ2n) is 1.81. The second-order valence-corrected chi connectivity index (χ2v) is 2.28. The molecule has 1 unspecified atom stereocenters. The highest BCUT2D eigenvalue weighted by Gasteiger charge is 2.07. The molecule has 0 saturated carbocycles. The molecule has 0 spiro atoms. The van der Waals surface area contributed by atoms with E-state index in [0.29, 0.717) is 4.86 Å². The number of thiocarbonyl (C=S) groups is 1. The molecule has 1 nitrogen and oxygen atoms in total. The molecule has 3 heteroatoms. The van der Waals surface area contributed by atoms with E-state index in [2.05, 4.69) is 0 Å². The van der Waals surface area contributed by atoms with E-state index >= 15 is 0 Å². The molecule has 0 bridgehead atoms. The molecule has 0 heterocycles. The van der Waals surface area contributed by atoms with Crippen LogP contribution in [0.25, 0.3) is 0 Å². The van der Waals surface area contributed by atoms with E-state index in [-0.39, 0.29) is 10.6 Å². The first-order valence-corrected chi connectivity index (χ1v) is 3.09. The van der Waals surface area contributed by atoms with Crippen LogP contribution in [0.2, 0.25) is 0 Å². The number of hydrogen-bond donors (Lipinski definition) is 0. The van der Waals surface area contributed by atoms with E-state index in [1.165, 1.54) is 0 Å². The molecule has 1 rings (SSSR count). The molecule has 0 fully saturated rings. The lowest BCUT2D eigenvalue weighted by molar-refractivity contribution is -0.108. The minimum absolute atomic E-state index is 0. The first-order chi connectivity index (χ1) is 4.34. The van der Waals surface area contributed by atoms with Gasteiger partial charge >= 0.3 is 0 Å². The molecule has 54 valence electrons. The molecule has 1 aliphatic rings. The Hall–Kier alpha value is -0.830. The van der Waals surface area contributed by atoms with Crippen LogP contribution in [-0.2, 0) is 4.79 Å². The van der Waals surface area contributed by atoms with Gasteiger partial charge in [0.2, 0.25) is 0 Å². The van der Waals surface area contributed by atoms with Crippen LogP contribution >= 0.6 is 12.2 Å². The van der Waals surface area contributed by atoms with Gasteiger partial charge in [0.05, 0.1) is 5.92 Å². The lowest BCUT2D eigenvalue weighted by Gasteiger charge is -2.03. The fourth-order valence-electron chi connectivity index (χ4n) is 0.653. The fourth-order valence-corrected chi connectivity index (χ4v) is 0.865. The number of allylic oxidation sites excluding steroid dienone is 4. The molecular formula is C7H7FOS. The second kappa shape index (κ2) is 4.06. The van der Waals surface area contributed by atoms with E-state index in [4.69, 9.17) is 12.2 Å². The van der Waals surface area contributed by atoms with Crippen molar-refractivity contribution in [3.63, 3.8) is 0 Å². The Morgan fingerprint density at radius 1 is 1.50 bits per heavy atom. The highest BCUT2D eigenvalue weighted by Crippen LogP contribution is 2.05. The van der Waals surface area contributed by atoms with Crippen molar-refractivity contribution in [2.45, 2.75) is 0 Å². The molecule has 0 saturated heterocycles.